The van der Waals surface area contributed by atoms with Crippen molar-refractivity contribution in [1.82, 2.24) is 0 Å². The van der Waals surface area contributed by atoms with E-state index in [1.165, 1.54) is 5.56 Å². The summed E-state index contributed by atoms with van der Waals surface area (Å²) in [4.78, 5) is 0. The van der Waals surface area contributed by atoms with Gasteiger partial charge in [-0.1, -0.05) is 35.6 Å². The van der Waals surface area contributed by atoms with Crippen molar-refractivity contribution in [3.63, 3.8) is 0 Å². The molecule has 1 aromatic rings. The van der Waals surface area contributed by atoms with Gasteiger partial charge in [0.25, 0.3) is 0 Å². The van der Waals surface area contributed by atoms with Crippen LogP contribution in [0.5, 0.6) is 0 Å². The van der Waals surface area contributed by atoms with Crippen molar-refractivity contribution in [3.05, 3.63) is 35.9 Å². The van der Waals surface area contributed by atoms with Crippen molar-refractivity contribution in [2.75, 3.05) is 6.54 Å². The van der Waals surface area contributed by atoms with Crippen LogP contribution in [0.3, 0.4) is 0 Å². The van der Waals surface area contributed by atoms with Crippen molar-refractivity contribution in [1.29, 1.82) is 0 Å². The Morgan fingerprint density at radius 1 is 1.08 bits per heavy atom. The van der Waals surface area contributed by atoms with Crippen LogP contribution in [0, 0.1) is 0 Å². The van der Waals surface area contributed by atoms with Crippen LogP contribution in [0.1, 0.15) is 18.4 Å². The minimum absolute atomic E-state index is 0.739. The lowest BCUT2D eigenvalue weighted by Gasteiger charge is -1.98. The molecule has 0 spiro atoms. The molecule has 0 aliphatic rings. The van der Waals surface area contributed by atoms with Crippen molar-refractivity contribution < 1.29 is 0 Å². The molecule has 0 saturated carbocycles. The Labute approximate surface area is 78.6 Å². The number of unbranched alkanes of at least 4 members (excludes halogenated alkanes) is 1. The first-order valence-electron chi connectivity index (χ1n) is 4.54. The molecule has 0 aromatic heterocycles. The highest BCUT2D eigenvalue weighted by atomic mass is 15.3. The van der Waals surface area contributed by atoms with Gasteiger partial charge in [0, 0.05) is 0 Å². The van der Waals surface area contributed by atoms with E-state index in [9.17, 15) is 0 Å². The highest BCUT2D eigenvalue weighted by Gasteiger charge is 1.90. The molecule has 0 heterocycles. The molecule has 0 bridgehead atoms. The molecule has 0 fully saturated rings. The average Bonchev–Trinajstić information content (AvgIpc) is 2.19. The molecule has 3 heteroatoms. The molecule has 2 N–H and O–H groups in total. The first kappa shape index (κ1) is 9.71. The molecule has 0 atom stereocenters. The summed E-state index contributed by atoms with van der Waals surface area (Å²) in [5.41, 5.74) is 1.38. The lowest BCUT2D eigenvalue weighted by Crippen LogP contribution is -1.88. The zero-order chi connectivity index (χ0) is 9.36. The van der Waals surface area contributed by atoms with E-state index >= 15 is 0 Å². The molecule has 70 valence electrons. The van der Waals surface area contributed by atoms with Crippen molar-refractivity contribution >= 4 is 0 Å². The average molecular weight is 177 g/mol. The Hall–Kier alpha value is -1.38. The van der Waals surface area contributed by atoms with Crippen LogP contribution in [-0.2, 0) is 6.42 Å². The van der Waals surface area contributed by atoms with Crippen LogP contribution >= 0.6 is 0 Å². The SMILES string of the molecule is NN=NCCCCc1ccccc1. The number of nitrogens with two attached hydrogens (primary N) is 1. The van der Waals surface area contributed by atoms with Crippen molar-refractivity contribution in [2.45, 2.75) is 19.3 Å². The molecule has 0 aliphatic carbocycles. The van der Waals surface area contributed by atoms with Gasteiger partial charge in [0.15, 0.2) is 0 Å². The van der Waals surface area contributed by atoms with Crippen LogP contribution in [0.4, 0.5) is 0 Å². The molecule has 0 amide bonds. The standard InChI is InChI=1S/C10H15N3/c11-13-12-9-5-4-8-10-6-2-1-3-7-10/h1-3,6-7H,4-5,8-9H2,(H2,11,12). The van der Waals surface area contributed by atoms with E-state index in [4.69, 9.17) is 5.84 Å². The van der Waals surface area contributed by atoms with Gasteiger partial charge in [-0.15, -0.1) is 0 Å². The summed E-state index contributed by atoms with van der Waals surface area (Å²) in [6.07, 6.45) is 3.31. The lowest BCUT2D eigenvalue weighted by atomic mass is 10.1. The minimum atomic E-state index is 0.739. The molecule has 1 rings (SSSR count). The Bertz CT molecular complexity index is 244. The Kier molecular flexibility index (Phi) is 4.61. The fraction of sp³-hybridized carbons (Fsp3) is 0.400. The summed E-state index contributed by atoms with van der Waals surface area (Å²) >= 11 is 0. The fourth-order valence-electron chi connectivity index (χ4n) is 1.21. The van der Waals surface area contributed by atoms with Crippen molar-refractivity contribution in [2.24, 2.45) is 16.2 Å². The van der Waals surface area contributed by atoms with Crippen LogP contribution in [0.15, 0.2) is 40.7 Å². The van der Waals surface area contributed by atoms with Gasteiger partial charge in [-0.2, -0.15) is 5.11 Å². The number of hydrogen-bond donors (Lipinski definition) is 1. The largest absolute Gasteiger partial charge is 0.305 e. The third kappa shape index (κ3) is 4.25. The topological polar surface area (TPSA) is 50.7 Å². The van der Waals surface area contributed by atoms with Gasteiger partial charge in [-0.05, 0) is 24.8 Å². The second-order valence-electron chi connectivity index (χ2n) is 2.92. The van der Waals surface area contributed by atoms with Crippen LogP contribution < -0.4 is 5.84 Å². The first-order valence-corrected chi connectivity index (χ1v) is 4.54. The number of nitrogens with zero attached hydrogens (tertiary/aromatic N) is 2. The second-order valence-corrected chi connectivity index (χ2v) is 2.92. The Morgan fingerprint density at radius 3 is 2.54 bits per heavy atom. The molecule has 1 aromatic carbocycles. The summed E-state index contributed by atoms with van der Waals surface area (Å²) in [6, 6.07) is 10.4. The van der Waals surface area contributed by atoms with Crippen molar-refractivity contribution in [3.8, 4) is 0 Å². The predicted molar refractivity (Wildman–Crippen MR) is 53.3 cm³/mol. The van der Waals surface area contributed by atoms with Crippen LogP contribution in [-0.4, -0.2) is 6.54 Å². The van der Waals surface area contributed by atoms with Crippen LogP contribution in [0.2, 0.25) is 0 Å². The van der Waals surface area contributed by atoms with Gasteiger partial charge in [0.05, 0.1) is 6.54 Å². The highest BCUT2D eigenvalue weighted by molar-refractivity contribution is 5.14. The quantitative estimate of drug-likeness (QED) is 0.319. The van der Waals surface area contributed by atoms with Gasteiger partial charge in [0.2, 0.25) is 0 Å². The van der Waals surface area contributed by atoms with Gasteiger partial charge in [0.1, 0.15) is 0 Å². The zero-order valence-corrected chi connectivity index (χ0v) is 7.69. The van der Waals surface area contributed by atoms with Gasteiger partial charge < -0.3 is 5.84 Å². The number of rotatable bonds is 5. The molecule has 3 nitrogen and oxygen atoms in total. The predicted octanol–water partition coefficient (Wildman–Crippen LogP) is 2.34. The zero-order valence-electron chi connectivity index (χ0n) is 7.69. The summed E-state index contributed by atoms with van der Waals surface area (Å²) in [5, 5.41) is 6.91. The fourth-order valence-corrected chi connectivity index (χ4v) is 1.21. The number of aryl methyl sites for hydroxylation is 1. The van der Waals surface area contributed by atoms with Crippen LogP contribution in [0.25, 0.3) is 0 Å². The maximum Gasteiger partial charge on any atom is 0.0620 e. The lowest BCUT2D eigenvalue weighted by molar-refractivity contribution is 0.718. The van der Waals surface area contributed by atoms with Gasteiger partial charge >= 0.3 is 0 Å². The Balaban J connectivity index is 2.13. The normalized spacial score (nSPS) is 10.8. The summed E-state index contributed by atoms with van der Waals surface area (Å²) in [7, 11) is 0. The molecular weight excluding hydrogens is 162 g/mol. The molecular formula is C10H15N3. The Morgan fingerprint density at radius 2 is 1.85 bits per heavy atom. The van der Waals surface area contributed by atoms with E-state index in [1.807, 2.05) is 6.07 Å². The van der Waals surface area contributed by atoms with Gasteiger partial charge in [-0.25, -0.2) is 0 Å². The molecule has 0 saturated heterocycles. The second kappa shape index (κ2) is 6.17. The monoisotopic (exact) mass is 177 g/mol. The summed E-state index contributed by atoms with van der Waals surface area (Å²) in [5.74, 6) is 4.88. The number of hydrogen-bond acceptors (Lipinski definition) is 2. The minimum Gasteiger partial charge on any atom is -0.305 e. The van der Waals surface area contributed by atoms with E-state index in [1.54, 1.807) is 0 Å². The van der Waals surface area contributed by atoms with E-state index in [-0.39, 0.29) is 0 Å². The van der Waals surface area contributed by atoms with Gasteiger partial charge in [-0.3, -0.25) is 0 Å². The summed E-state index contributed by atoms with van der Waals surface area (Å²) in [6.45, 7) is 0.739. The molecule has 0 aliphatic heterocycles. The molecule has 0 radical (unpaired) electrons. The third-order valence-electron chi connectivity index (χ3n) is 1.90. The number of benzene rings is 1. The summed E-state index contributed by atoms with van der Waals surface area (Å²) < 4.78 is 0. The maximum atomic E-state index is 4.88. The third-order valence-corrected chi connectivity index (χ3v) is 1.90. The van der Waals surface area contributed by atoms with E-state index < -0.39 is 0 Å². The van der Waals surface area contributed by atoms with E-state index in [0.717, 1.165) is 25.8 Å². The highest BCUT2D eigenvalue weighted by Crippen LogP contribution is 2.04. The molecule has 0 unspecified atom stereocenters. The molecule has 13 heavy (non-hydrogen) atoms. The maximum absolute atomic E-state index is 4.88. The smallest absolute Gasteiger partial charge is 0.0620 e. The first-order chi connectivity index (χ1) is 6.43. The van der Waals surface area contributed by atoms with E-state index in [2.05, 4.69) is 34.6 Å². The van der Waals surface area contributed by atoms with E-state index in [0.29, 0.717) is 0 Å².